The predicted octanol–water partition coefficient (Wildman–Crippen LogP) is 8.16. The normalized spacial score (nSPS) is 11.4. The van der Waals surface area contributed by atoms with Crippen LogP contribution >= 0.6 is 0 Å². The van der Waals surface area contributed by atoms with E-state index in [1.165, 1.54) is 43.6 Å². The maximum atomic E-state index is 12.1. The molecule has 0 aliphatic carbocycles. The van der Waals surface area contributed by atoms with Gasteiger partial charge in [-0.15, -0.1) is 0 Å². The van der Waals surface area contributed by atoms with Gasteiger partial charge in [0.15, 0.2) is 0 Å². The average molecular weight is 754 g/mol. The van der Waals surface area contributed by atoms with Crippen molar-refractivity contribution in [3.63, 3.8) is 0 Å². The Balaban J connectivity index is 0.000000218. The number of ether oxygens (including phenoxy) is 2. The number of benzene rings is 5. The first-order valence-electron chi connectivity index (χ1n) is 17.2. The molecule has 0 aliphatic heterocycles. The molecule has 0 N–H and O–H groups in total. The first kappa shape index (κ1) is 37.1. The molecule has 0 heterocycles. The van der Waals surface area contributed by atoms with Crippen molar-refractivity contribution < 1.29 is 14.3 Å². The summed E-state index contributed by atoms with van der Waals surface area (Å²) >= 11 is -1.41. The van der Waals surface area contributed by atoms with Crippen molar-refractivity contribution in [2.24, 2.45) is 0 Å². The Labute approximate surface area is 296 Å². The molecule has 48 heavy (non-hydrogen) atoms. The van der Waals surface area contributed by atoms with Gasteiger partial charge in [0.05, 0.1) is 0 Å². The molecule has 5 rings (SSSR count). The molecule has 0 atom stereocenters. The SMILES string of the molecule is CCCC[Te+](CCCOc1ccccc1)CC(=O)OC(C)(C)C.c1ccc([B-](c2ccccc2)(c2ccccc2)c2ccccc2)cc1. The molecule has 0 bridgehead atoms. The Morgan fingerprint density at radius 3 is 1.33 bits per heavy atom. The van der Waals surface area contributed by atoms with Crippen molar-refractivity contribution in [3.8, 4) is 5.75 Å². The van der Waals surface area contributed by atoms with E-state index < -0.39 is 25.7 Å². The van der Waals surface area contributed by atoms with Crippen molar-refractivity contribution in [2.45, 2.75) is 66.0 Å². The number of para-hydroxylation sites is 1. The zero-order valence-electron chi connectivity index (χ0n) is 29.1. The number of hydrogen-bond acceptors (Lipinski definition) is 3. The number of unbranched alkanes of at least 4 members (excludes halogenated alkanes) is 1. The molecule has 0 saturated carbocycles. The Bertz CT molecular complexity index is 1430. The van der Waals surface area contributed by atoms with Gasteiger partial charge in [-0.1, -0.05) is 121 Å². The van der Waals surface area contributed by atoms with Crippen LogP contribution in [0, 0.1) is 0 Å². The monoisotopic (exact) mass is 756 g/mol. The Hall–Kier alpha value is -3.78. The zero-order valence-corrected chi connectivity index (χ0v) is 31.4. The molecular weight excluding hydrogens is 703 g/mol. The van der Waals surface area contributed by atoms with Crippen LogP contribution in [0.15, 0.2) is 152 Å². The van der Waals surface area contributed by atoms with E-state index in [9.17, 15) is 4.79 Å². The largest absolute Gasteiger partial charge is 0.195 e. The number of rotatable bonds is 14. The first-order valence-corrected chi connectivity index (χ1v) is 22.2. The maximum absolute atomic E-state index is 12.1. The van der Waals surface area contributed by atoms with Gasteiger partial charge in [0, 0.05) is 0 Å². The Morgan fingerprint density at radius 2 is 0.958 bits per heavy atom. The summed E-state index contributed by atoms with van der Waals surface area (Å²) < 4.78 is 14.4. The van der Waals surface area contributed by atoms with Gasteiger partial charge in [0.1, 0.15) is 6.15 Å². The maximum Gasteiger partial charge on any atom is 0.108 e. The van der Waals surface area contributed by atoms with E-state index in [2.05, 4.69) is 128 Å². The zero-order chi connectivity index (χ0) is 34.1. The van der Waals surface area contributed by atoms with Crippen molar-refractivity contribution in [1.82, 2.24) is 0 Å². The van der Waals surface area contributed by atoms with Gasteiger partial charge in [-0.3, -0.25) is 0 Å². The quantitative estimate of drug-likeness (QED) is 0.0653. The second kappa shape index (κ2) is 19.3. The van der Waals surface area contributed by atoms with Crippen LogP contribution < -0.4 is 26.6 Å². The molecule has 0 aromatic heterocycles. The van der Waals surface area contributed by atoms with E-state index in [0.717, 1.165) is 18.8 Å². The van der Waals surface area contributed by atoms with E-state index in [4.69, 9.17) is 9.47 Å². The van der Waals surface area contributed by atoms with E-state index in [-0.39, 0.29) is 11.6 Å². The van der Waals surface area contributed by atoms with Crippen molar-refractivity contribution in [1.29, 1.82) is 0 Å². The summed E-state index contributed by atoms with van der Waals surface area (Å²) in [5, 5.41) is 0. The smallest absolute Gasteiger partial charge is 0.108 e. The molecule has 0 aliphatic rings. The number of carbonyl (C=O) groups is 1. The number of esters is 1. The molecular formula is C43H51BO3Te. The van der Waals surface area contributed by atoms with Crippen LogP contribution in [-0.2, 0) is 9.53 Å². The summed E-state index contributed by atoms with van der Waals surface area (Å²) in [4.78, 5) is 12.1. The van der Waals surface area contributed by atoms with Crippen molar-refractivity contribution in [2.75, 3.05) is 6.61 Å². The summed E-state index contributed by atoms with van der Waals surface area (Å²) in [6.45, 7) is 8.75. The second-order valence-corrected chi connectivity index (χ2v) is 19.8. The third kappa shape index (κ3) is 11.1. The van der Waals surface area contributed by atoms with Crippen LogP contribution in [0.4, 0.5) is 0 Å². The standard InChI is InChI=1S/C24H20B.C19H31O3Te/c1-5-13-21(14-6-1)25(22-15-7-2-8-16-22,23-17-9-3-10-18-23)24-19-11-4-12-20-24;1-5-6-14-23(16-18(20)22-19(2,3)4)15-10-13-21-17-11-8-7-9-12-17/h1-20H;7-9,11-12H,5-6,10,13-16H2,1-4H3/q-1;+1. The number of hydrogen-bond donors (Lipinski definition) is 0. The molecule has 0 amide bonds. The molecule has 0 unspecified atom stereocenters. The molecule has 3 nitrogen and oxygen atoms in total. The number of carbonyl (C=O) groups excluding carboxylic acids is 1. The molecule has 250 valence electrons. The molecule has 5 heteroatoms. The molecule has 0 spiro atoms. The average Bonchev–Trinajstić information content (AvgIpc) is 3.11. The van der Waals surface area contributed by atoms with E-state index in [0.29, 0.717) is 4.47 Å². The van der Waals surface area contributed by atoms with Crippen LogP contribution in [0.2, 0.25) is 13.4 Å². The Morgan fingerprint density at radius 1 is 0.583 bits per heavy atom. The van der Waals surface area contributed by atoms with Crippen LogP contribution in [-0.4, -0.2) is 43.9 Å². The summed E-state index contributed by atoms with van der Waals surface area (Å²) in [5.41, 5.74) is 4.98. The van der Waals surface area contributed by atoms with Crippen LogP contribution in [0.25, 0.3) is 0 Å². The van der Waals surface area contributed by atoms with E-state index in [1.807, 2.05) is 51.1 Å². The summed E-state index contributed by atoms with van der Waals surface area (Å²) in [6, 6.07) is 53.4. The van der Waals surface area contributed by atoms with Gasteiger partial charge in [-0.2, -0.15) is 21.9 Å². The minimum atomic E-state index is -1.41. The minimum absolute atomic E-state index is 0.00539. The predicted molar refractivity (Wildman–Crippen MR) is 208 cm³/mol. The van der Waals surface area contributed by atoms with Crippen molar-refractivity contribution >= 4 is 53.5 Å². The second-order valence-electron chi connectivity index (χ2n) is 13.1. The van der Waals surface area contributed by atoms with Crippen molar-refractivity contribution in [3.05, 3.63) is 152 Å². The van der Waals surface area contributed by atoms with Gasteiger partial charge in [-0.05, 0) is 0 Å². The topological polar surface area (TPSA) is 35.5 Å². The fraction of sp³-hybridized carbons (Fsp3) is 0.279. The Kier molecular flexibility index (Phi) is 14.9. The van der Waals surface area contributed by atoms with Gasteiger partial charge in [-0.25, -0.2) is 0 Å². The first-order chi connectivity index (χ1) is 23.3. The van der Waals surface area contributed by atoms with E-state index >= 15 is 0 Å². The summed E-state index contributed by atoms with van der Waals surface area (Å²) in [6.07, 6.45) is 2.26. The minimum Gasteiger partial charge on any atom is -0.195 e. The van der Waals surface area contributed by atoms with Crippen LogP contribution in [0.1, 0.15) is 47.0 Å². The molecule has 0 saturated heterocycles. The van der Waals surface area contributed by atoms with E-state index in [1.54, 1.807) is 0 Å². The molecule has 5 aromatic carbocycles. The van der Waals surface area contributed by atoms with Crippen LogP contribution in [0.3, 0.4) is 0 Å². The molecule has 5 aromatic rings. The van der Waals surface area contributed by atoms with Gasteiger partial charge < -0.3 is 0 Å². The van der Waals surface area contributed by atoms with Gasteiger partial charge >= 0.3 is 148 Å². The fourth-order valence-electron chi connectivity index (χ4n) is 6.22. The summed E-state index contributed by atoms with van der Waals surface area (Å²) in [7, 11) is 0. The van der Waals surface area contributed by atoms with Gasteiger partial charge in [0.2, 0.25) is 0 Å². The van der Waals surface area contributed by atoms with Crippen LogP contribution in [0.5, 0.6) is 5.75 Å². The summed E-state index contributed by atoms with van der Waals surface area (Å²) in [5.74, 6) is 0.921. The fourth-order valence-corrected chi connectivity index (χ4v) is 12.2. The van der Waals surface area contributed by atoms with Gasteiger partial charge in [0.25, 0.3) is 0 Å². The molecule has 0 fully saturated rings. The molecule has 0 radical (unpaired) electrons. The third-order valence-corrected chi connectivity index (χ3v) is 15.1. The third-order valence-electron chi connectivity index (χ3n) is 8.32.